The molecule has 0 saturated carbocycles. The molecule has 0 fully saturated rings. The summed E-state index contributed by atoms with van der Waals surface area (Å²) >= 11 is 0. The second-order valence-electron chi connectivity index (χ2n) is 4.95. The van der Waals surface area contributed by atoms with Gasteiger partial charge in [-0.2, -0.15) is 0 Å². The fraction of sp³-hybridized carbons (Fsp3) is 0.286. The van der Waals surface area contributed by atoms with E-state index in [-0.39, 0.29) is 36.6 Å². The first-order valence-corrected chi connectivity index (χ1v) is 7.13. The number of hydrogen-bond donors (Lipinski definition) is 2. The Balaban J connectivity index is 1.83. The van der Waals surface area contributed by atoms with E-state index >= 15 is 0 Å². The van der Waals surface area contributed by atoms with Gasteiger partial charge in [0.1, 0.15) is 5.75 Å². The van der Waals surface area contributed by atoms with E-state index in [0.29, 0.717) is 17.1 Å². The van der Waals surface area contributed by atoms with Gasteiger partial charge in [0.2, 0.25) is 11.3 Å². The highest BCUT2D eigenvalue weighted by Gasteiger charge is 2.30. The average molecular weight is 355 g/mol. The summed E-state index contributed by atoms with van der Waals surface area (Å²) in [6.45, 7) is 0.135. The number of hydrogen-bond acceptors (Lipinski definition) is 8. The van der Waals surface area contributed by atoms with E-state index in [1.807, 2.05) is 0 Å². The number of halogens is 3. The lowest BCUT2D eigenvalue weighted by Crippen LogP contribution is -2.17. The first-order valence-electron chi connectivity index (χ1n) is 7.13. The third-order valence-electron chi connectivity index (χ3n) is 3.12. The van der Waals surface area contributed by atoms with Crippen LogP contribution in [0.1, 0.15) is 11.3 Å². The minimum absolute atomic E-state index is 0.111. The molecular formula is C14H12F3N5O3. The highest BCUT2D eigenvalue weighted by molar-refractivity contribution is 5.67. The molecule has 132 valence electrons. The Labute approximate surface area is 138 Å². The van der Waals surface area contributed by atoms with Crippen LogP contribution in [0.3, 0.4) is 0 Å². The molecule has 8 nitrogen and oxygen atoms in total. The number of ether oxygens (including phenoxy) is 1. The lowest BCUT2D eigenvalue weighted by Gasteiger charge is -2.11. The maximum Gasteiger partial charge on any atom is 0.573 e. The standard InChI is InChI=1S/C14H12F3N5O3/c15-14(16,17)24-9-3-1-8(2-4-9)7-10-11(18-5-6-23)20-13-12(19-10)21-25-22-13/h1-4,23H,5-7H2,(H,18,20,22). The number of alkyl halides is 3. The van der Waals surface area contributed by atoms with Crippen LogP contribution in [0.4, 0.5) is 19.0 Å². The van der Waals surface area contributed by atoms with E-state index in [0.717, 1.165) is 0 Å². The third kappa shape index (κ3) is 4.32. The van der Waals surface area contributed by atoms with Crippen LogP contribution in [0.25, 0.3) is 11.3 Å². The number of fused-ring (bicyclic) bond motifs is 1. The Hall–Kier alpha value is -2.95. The zero-order valence-corrected chi connectivity index (χ0v) is 12.6. The normalized spacial score (nSPS) is 11.7. The predicted molar refractivity (Wildman–Crippen MR) is 78.9 cm³/mol. The van der Waals surface area contributed by atoms with Crippen LogP contribution in [0.5, 0.6) is 5.75 Å². The van der Waals surface area contributed by atoms with Crippen LogP contribution in [-0.4, -0.2) is 44.9 Å². The predicted octanol–water partition coefficient (Wildman–Crippen LogP) is 1.91. The lowest BCUT2D eigenvalue weighted by atomic mass is 10.1. The van der Waals surface area contributed by atoms with Crippen molar-refractivity contribution in [3.63, 3.8) is 0 Å². The maximum absolute atomic E-state index is 12.2. The zero-order chi connectivity index (χ0) is 17.9. The van der Waals surface area contributed by atoms with Gasteiger partial charge in [0.15, 0.2) is 5.82 Å². The van der Waals surface area contributed by atoms with Gasteiger partial charge in [0.25, 0.3) is 0 Å². The summed E-state index contributed by atoms with van der Waals surface area (Å²) in [6, 6.07) is 5.41. The molecule has 0 aliphatic heterocycles. The van der Waals surface area contributed by atoms with Crippen LogP contribution in [0.2, 0.25) is 0 Å². The van der Waals surface area contributed by atoms with Crippen molar-refractivity contribution < 1.29 is 27.6 Å². The fourth-order valence-corrected chi connectivity index (χ4v) is 2.11. The van der Waals surface area contributed by atoms with E-state index in [2.05, 4.69) is 35.0 Å². The molecule has 1 aromatic carbocycles. The molecule has 0 bridgehead atoms. The molecule has 0 saturated heterocycles. The van der Waals surface area contributed by atoms with E-state index in [1.165, 1.54) is 24.3 Å². The Morgan fingerprint density at radius 1 is 1.08 bits per heavy atom. The summed E-state index contributed by atoms with van der Waals surface area (Å²) < 4.78 is 45.0. The molecule has 11 heteroatoms. The molecule has 2 aromatic heterocycles. The molecule has 3 aromatic rings. The molecule has 0 radical (unpaired) electrons. The van der Waals surface area contributed by atoms with Crippen molar-refractivity contribution in [3.8, 4) is 5.75 Å². The van der Waals surface area contributed by atoms with Gasteiger partial charge in [-0.25, -0.2) is 14.6 Å². The van der Waals surface area contributed by atoms with E-state index < -0.39 is 6.36 Å². The van der Waals surface area contributed by atoms with Crippen LogP contribution in [0, 0.1) is 0 Å². The van der Waals surface area contributed by atoms with Gasteiger partial charge in [-0.3, -0.25) is 0 Å². The third-order valence-corrected chi connectivity index (χ3v) is 3.12. The summed E-state index contributed by atoms with van der Waals surface area (Å²) in [7, 11) is 0. The van der Waals surface area contributed by atoms with E-state index in [1.54, 1.807) is 0 Å². The van der Waals surface area contributed by atoms with Gasteiger partial charge >= 0.3 is 6.36 Å². The summed E-state index contributed by atoms with van der Waals surface area (Å²) in [6.07, 6.45) is -4.46. The summed E-state index contributed by atoms with van der Waals surface area (Å²) in [5.74, 6) is 0.0741. The molecule has 2 N–H and O–H groups in total. The topological polar surface area (TPSA) is 106 Å². The molecular weight excluding hydrogens is 343 g/mol. The number of aliphatic hydroxyl groups is 1. The SMILES string of the molecule is OCCNc1nc2nonc2nc1Cc1ccc(OC(F)(F)F)cc1. The maximum atomic E-state index is 12.2. The molecule has 0 amide bonds. The molecule has 0 atom stereocenters. The molecule has 0 spiro atoms. The Bertz CT molecular complexity index is 851. The smallest absolute Gasteiger partial charge is 0.406 e. The molecule has 3 rings (SSSR count). The highest BCUT2D eigenvalue weighted by Crippen LogP contribution is 2.24. The molecule has 0 unspecified atom stereocenters. The van der Waals surface area contributed by atoms with Crippen molar-refractivity contribution in [1.29, 1.82) is 0 Å². The van der Waals surface area contributed by atoms with Crippen molar-refractivity contribution >= 4 is 17.1 Å². The van der Waals surface area contributed by atoms with Crippen LogP contribution < -0.4 is 10.1 Å². The zero-order valence-electron chi connectivity index (χ0n) is 12.6. The Morgan fingerprint density at radius 2 is 1.76 bits per heavy atom. The number of nitrogens with zero attached hydrogens (tertiary/aromatic N) is 4. The van der Waals surface area contributed by atoms with Gasteiger partial charge in [-0.05, 0) is 28.0 Å². The van der Waals surface area contributed by atoms with Crippen LogP contribution in [-0.2, 0) is 6.42 Å². The Morgan fingerprint density at radius 3 is 2.40 bits per heavy atom. The number of benzene rings is 1. The van der Waals surface area contributed by atoms with Crippen molar-refractivity contribution in [2.45, 2.75) is 12.8 Å². The highest BCUT2D eigenvalue weighted by atomic mass is 19.4. The summed E-state index contributed by atoms with van der Waals surface area (Å²) in [5.41, 5.74) is 1.59. The van der Waals surface area contributed by atoms with Crippen molar-refractivity contribution in [3.05, 3.63) is 35.5 Å². The monoisotopic (exact) mass is 355 g/mol. The molecule has 25 heavy (non-hydrogen) atoms. The van der Waals surface area contributed by atoms with Crippen LogP contribution in [0.15, 0.2) is 28.9 Å². The molecule has 2 heterocycles. The minimum atomic E-state index is -4.74. The van der Waals surface area contributed by atoms with Gasteiger partial charge < -0.3 is 15.2 Å². The second kappa shape index (κ2) is 6.89. The van der Waals surface area contributed by atoms with Crippen molar-refractivity contribution in [2.24, 2.45) is 0 Å². The minimum Gasteiger partial charge on any atom is -0.406 e. The lowest BCUT2D eigenvalue weighted by molar-refractivity contribution is -0.274. The number of rotatable bonds is 6. The average Bonchev–Trinajstić information content (AvgIpc) is 3.00. The number of aliphatic hydroxyl groups excluding tert-OH is 1. The van der Waals surface area contributed by atoms with Crippen molar-refractivity contribution in [2.75, 3.05) is 18.5 Å². The summed E-state index contributed by atoms with van der Waals surface area (Å²) in [5, 5.41) is 19.1. The van der Waals surface area contributed by atoms with E-state index in [4.69, 9.17) is 5.11 Å². The second-order valence-corrected chi connectivity index (χ2v) is 4.95. The summed E-state index contributed by atoms with van der Waals surface area (Å²) in [4.78, 5) is 8.49. The molecule has 0 aliphatic carbocycles. The van der Waals surface area contributed by atoms with Gasteiger partial charge in [-0.1, -0.05) is 12.1 Å². The van der Waals surface area contributed by atoms with Crippen molar-refractivity contribution in [1.82, 2.24) is 20.3 Å². The Kier molecular flexibility index (Phi) is 4.65. The van der Waals surface area contributed by atoms with Gasteiger partial charge in [0, 0.05) is 13.0 Å². The van der Waals surface area contributed by atoms with Crippen LogP contribution >= 0.6 is 0 Å². The largest absolute Gasteiger partial charge is 0.573 e. The fourth-order valence-electron chi connectivity index (χ4n) is 2.11. The molecule has 0 aliphatic rings. The number of anilines is 1. The van der Waals surface area contributed by atoms with Gasteiger partial charge in [0.05, 0.1) is 12.3 Å². The number of nitrogens with one attached hydrogen (secondary N) is 1. The quantitative estimate of drug-likeness (QED) is 0.691. The van der Waals surface area contributed by atoms with E-state index in [9.17, 15) is 13.2 Å². The van der Waals surface area contributed by atoms with Gasteiger partial charge in [-0.15, -0.1) is 13.2 Å². The first kappa shape index (κ1) is 16.9. The first-order chi connectivity index (χ1) is 11.9. The number of aromatic nitrogens is 4.